The summed E-state index contributed by atoms with van der Waals surface area (Å²) in [5.74, 6) is -0.346. The molecule has 7 heteroatoms. The Bertz CT molecular complexity index is 732. The van der Waals surface area contributed by atoms with Crippen molar-refractivity contribution in [3.05, 3.63) is 35.9 Å². The Balaban J connectivity index is 1.96. The number of amides is 1. The van der Waals surface area contributed by atoms with E-state index in [2.05, 4.69) is 31.3 Å². The molecule has 0 aliphatic carbocycles. The molecule has 1 aromatic rings. The van der Waals surface area contributed by atoms with E-state index in [4.69, 9.17) is 0 Å². The van der Waals surface area contributed by atoms with Crippen LogP contribution in [0.3, 0.4) is 0 Å². The van der Waals surface area contributed by atoms with Crippen LogP contribution in [0.5, 0.6) is 0 Å². The molecule has 1 fully saturated rings. The van der Waals surface area contributed by atoms with Gasteiger partial charge in [-0.25, -0.2) is 0 Å². The summed E-state index contributed by atoms with van der Waals surface area (Å²) in [6.07, 6.45) is 2.24. The Morgan fingerprint density at radius 2 is 1.93 bits per heavy atom. The number of hydrogen-bond acceptors (Lipinski definition) is 3. The minimum atomic E-state index is -3.47. The zero-order valence-electron chi connectivity index (χ0n) is 17.1. The SMILES string of the molecule is CC(CC(C)(C)c1ccccc1)NC(=O)C1CCCN(S(=O)(=O)N(C)C)C1. The highest BCUT2D eigenvalue weighted by atomic mass is 32.2. The van der Waals surface area contributed by atoms with Gasteiger partial charge >= 0.3 is 0 Å². The third kappa shape index (κ3) is 5.53. The van der Waals surface area contributed by atoms with Crippen molar-refractivity contribution in [2.45, 2.75) is 51.5 Å². The topological polar surface area (TPSA) is 69.7 Å². The predicted octanol–water partition coefficient (Wildman–Crippen LogP) is 2.38. The quantitative estimate of drug-likeness (QED) is 0.771. The maximum Gasteiger partial charge on any atom is 0.281 e. The van der Waals surface area contributed by atoms with Crippen molar-refractivity contribution in [2.75, 3.05) is 27.2 Å². The van der Waals surface area contributed by atoms with Crippen molar-refractivity contribution < 1.29 is 13.2 Å². The second kappa shape index (κ2) is 8.71. The zero-order chi connectivity index (χ0) is 20.2. The van der Waals surface area contributed by atoms with Gasteiger partial charge in [0.1, 0.15) is 0 Å². The molecule has 2 rings (SSSR count). The Kier molecular flexibility index (Phi) is 7.05. The first-order chi connectivity index (χ1) is 12.5. The third-order valence-electron chi connectivity index (χ3n) is 5.30. The highest BCUT2D eigenvalue weighted by molar-refractivity contribution is 7.86. The van der Waals surface area contributed by atoms with Gasteiger partial charge in [-0.1, -0.05) is 44.2 Å². The molecule has 27 heavy (non-hydrogen) atoms. The Morgan fingerprint density at radius 1 is 1.30 bits per heavy atom. The summed E-state index contributed by atoms with van der Waals surface area (Å²) in [6, 6.07) is 10.3. The first kappa shape index (κ1) is 21.9. The Labute approximate surface area is 164 Å². The summed E-state index contributed by atoms with van der Waals surface area (Å²) in [5, 5.41) is 3.10. The molecule has 1 amide bonds. The van der Waals surface area contributed by atoms with Crippen LogP contribution in [-0.2, 0) is 20.4 Å². The van der Waals surface area contributed by atoms with Gasteiger partial charge in [0.15, 0.2) is 0 Å². The maximum atomic E-state index is 12.7. The van der Waals surface area contributed by atoms with Crippen LogP contribution >= 0.6 is 0 Å². The van der Waals surface area contributed by atoms with Gasteiger partial charge in [-0.15, -0.1) is 0 Å². The van der Waals surface area contributed by atoms with Crippen LogP contribution in [0, 0.1) is 5.92 Å². The van der Waals surface area contributed by atoms with E-state index in [0.717, 1.165) is 12.8 Å². The zero-order valence-corrected chi connectivity index (χ0v) is 17.9. The van der Waals surface area contributed by atoms with E-state index in [1.54, 1.807) is 0 Å². The molecule has 1 N–H and O–H groups in total. The van der Waals surface area contributed by atoms with E-state index in [1.807, 2.05) is 25.1 Å². The highest BCUT2D eigenvalue weighted by Crippen LogP contribution is 2.28. The van der Waals surface area contributed by atoms with E-state index in [9.17, 15) is 13.2 Å². The summed E-state index contributed by atoms with van der Waals surface area (Å²) in [6.45, 7) is 7.09. The van der Waals surface area contributed by atoms with E-state index in [-0.39, 0.29) is 29.8 Å². The normalized spacial score (nSPS) is 20.4. The fourth-order valence-electron chi connectivity index (χ4n) is 3.78. The number of nitrogens with zero attached hydrogens (tertiary/aromatic N) is 2. The summed E-state index contributed by atoms with van der Waals surface area (Å²) < 4.78 is 27.3. The minimum Gasteiger partial charge on any atom is -0.353 e. The molecule has 0 spiro atoms. The Hall–Kier alpha value is -1.44. The summed E-state index contributed by atoms with van der Waals surface area (Å²) in [7, 11) is -0.432. The lowest BCUT2D eigenvalue weighted by atomic mass is 9.79. The molecule has 1 aliphatic heterocycles. The fourth-order valence-corrected chi connectivity index (χ4v) is 4.97. The molecule has 1 aromatic carbocycles. The van der Waals surface area contributed by atoms with Gasteiger partial charge in [-0.2, -0.15) is 17.0 Å². The molecule has 1 saturated heterocycles. The van der Waals surface area contributed by atoms with Crippen molar-refractivity contribution in [3.63, 3.8) is 0 Å². The van der Waals surface area contributed by atoms with Gasteiger partial charge < -0.3 is 5.32 Å². The molecule has 6 nitrogen and oxygen atoms in total. The van der Waals surface area contributed by atoms with Crippen molar-refractivity contribution in [3.8, 4) is 0 Å². The molecular weight excluding hydrogens is 362 g/mol. The van der Waals surface area contributed by atoms with Gasteiger partial charge in [-0.05, 0) is 37.2 Å². The molecule has 152 valence electrons. The van der Waals surface area contributed by atoms with Gasteiger partial charge in [-0.3, -0.25) is 4.79 Å². The lowest BCUT2D eigenvalue weighted by molar-refractivity contribution is -0.126. The van der Waals surface area contributed by atoms with E-state index < -0.39 is 10.2 Å². The molecule has 2 atom stereocenters. The number of rotatable bonds is 7. The van der Waals surface area contributed by atoms with Gasteiger partial charge in [0.25, 0.3) is 10.2 Å². The fraction of sp³-hybridized carbons (Fsp3) is 0.650. The molecule has 0 bridgehead atoms. The maximum absolute atomic E-state index is 12.7. The standard InChI is InChI=1S/C20H33N3O3S/c1-16(14-20(2,3)18-11-7-6-8-12-18)21-19(24)17-10-9-13-23(15-17)27(25,26)22(4)5/h6-8,11-12,16-17H,9-10,13-15H2,1-5H3,(H,21,24). The lowest BCUT2D eigenvalue weighted by Crippen LogP contribution is -2.50. The Morgan fingerprint density at radius 3 is 2.52 bits per heavy atom. The molecule has 0 saturated carbocycles. The number of benzene rings is 1. The van der Waals surface area contributed by atoms with Crippen LogP contribution in [-0.4, -0.2) is 56.2 Å². The second-order valence-corrected chi connectivity index (χ2v) is 10.5. The number of nitrogens with one attached hydrogen (secondary N) is 1. The molecule has 1 heterocycles. The monoisotopic (exact) mass is 395 g/mol. The van der Waals surface area contributed by atoms with E-state index >= 15 is 0 Å². The number of carbonyl (C=O) groups is 1. The van der Waals surface area contributed by atoms with Crippen LogP contribution < -0.4 is 5.32 Å². The largest absolute Gasteiger partial charge is 0.353 e. The first-order valence-corrected chi connectivity index (χ1v) is 11.0. The van der Waals surface area contributed by atoms with Crippen molar-refractivity contribution in [1.29, 1.82) is 0 Å². The van der Waals surface area contributed by atoms with Crippen LogP contribution in [0.15, 0.2) is 30.3 Å². The lowest BCUT2D eigenvalue weighted by Gasteiger charge is -2.34. The van der Waals surface area contributed by atoms with Crippen molar-refractivity contribution in [1.82, 2.24) is 13.9 Å². The van der Waals surface area contributed by atoms with Crippen LogP contribution in [0.4, 0.5) is 0 Å². The van der Waals surface area contributed by atoms with E-state index in [1.165, 1.54) is 28.3 Å². The average molecular weight is 396 g/mol. The van der Waals surface area contributed by atoms with Gasteiger partial charge in [0, 0.05) is 33.2 Å². The predicted molar refractivity (Wildman–Crippen MR) is 109 cm³/mol. The van der Waals surface area contributed by atoms with Crippen LogP contribution in [0.1, 0.15) is 45.6 Å². The number of piperidine rings is 1. The average Bonchev–Trinajstić information content (AvgIpc) is 2.61. The van der Waals surface area contributed by atoms with Gasteiger partial charge in [0.2, 0.25) is 5.91 Å². The van der Waals surface area contributed by atoms with Crippen LogP contribution in [0.25, 0.3) is 0 Å². The highest BCUT2D eigenvalue weighted by Gasteiger charge is 2.34. The number of hydrogen-bond donors (Lipinski definition) is 1. The first-order valence-electron chi connectivity index (χ1n) is 9.57. The summed E-state index contributed by atoms with van der Waals surface area (Å²) in [5.41, 5.74) is 1.19. The smallest absolute Gasteiger partial charge is 0.281 e. The molecule has 1 aliphatic rings. The third-order valence-corrected chi connectivity index (χ3v) is 7.21. The van der Waals surface area contributed by atoms with Crippen LogP contribution in [0.2, 0.25) is 0 Å². The van der Waals surface area contributed by atoms with E-state index in [0.29, 0.717) is 13.0 Å². The van der Waals surface area contributed by atoms with Crippen molar-refractivity contribution in [2.24, 2.45) is 5.92 Å². The minimum absolute atomic E-state index is 0.00791. The molecule has 2 unspecified atom stereocenters. The number of carbonyl (C=O) groups excluding carboxylic acids is 1. The van der Waals surface area contributed by atoms with Gasteiger partial charge in [0.05, 0.1) is 5.92 Å². The molecule has 0 radical (unpaired) electrons. The second-order valence-electron chi connectivity index (χ2n) is 8.35. The summed E-state index contributed by atoms with van der Waals surface area (Å²) in [4.78, 5) is 12.7. The van der Waals surface area contributed by atoms with Crippen molar-refractivity contribution >= 4 is 16.1 Å². The molecular formula is C20H33N3O3S. The summed E-state index contributed by atoms with van der Waals surface area (Å²) >= 11 is 0. The molecule has 0 aromatic heterocycles.